The van der Waals surface area contributed by atoms with Gasteiger partial charge in [0, 0.05) is 6.42 Å². The molecule has 5 aliphatic carbocycles. The van der Waals surface area contributed by atoms with Crippen molar-refractivity contribution >= 4 is 5.78 Å². The Morgan fingerprint density at radius 3 is 2.54 bits per heavy atom. The molecule has 5 aliphatic rings. The van der Waals surface area contributed by atoms with Crippen molar-refractivity contribution in [3.05, 3.63) is 23.8 Å². The summed E-state index contributed by atoms with van der Waals surface area (Å²) in [6, 6.07) is 0. The first-order valence-electron chi connectivity index (χ1n) is 10.9. The Hall–Kier alpha value is -0.850. The zero-order valence-corrected chi connectivity index (χ0v) is 17.6. The first-order valence-corrected chi connectivity index (χ1v) is 10.9. The molecule has 0 aromatic carbocycles. The maximum absolute atomic E-state index is 12.2. The lowest BCUT2D eigenvalue weighted by molar-refractivity contribution is -0.119. The van der Waals surface area contributed by atoms with Crippen molar-refractivity contribution < 1.29 is 4.79 Å². The normalized spacial score (nSPS) is 55.7. The number of hydrogen-bond acceptors (Lipinski definition) is 1. The van der Waals surface area contributed by atoms with Crippen LogP contribution in [0.25, 0.3) is 0 Å². The molecule has 142 valence electrons. The number of fused-ring (bicyclic) bond motifs is 7. The molecular formula is C25H36O. The molecule has 4 saturated carbocycles. The van der Waals surface area contributed by atoms with Gasteiger partial charge in [-0.25, -0.2) is 0 Å². The van der Waals surface area contributed by atoms with Gasteiger partial charge in [-0.1, -0.05) is 45.9 Å². The Bertz CT molecular complexity index is 741. The van der Waals surface area contributed by atoms with Crippen LogP contribution in [0.2, 0.25) is 0 Å². The summed E-state index contributed by atoms with van der Waals surface area (Å²) < 4.78 is 0. The molecule has 4 fully saturated rings. The third-order valence-corrected chi connectivity index (χ3v) is 10.2. The summed E-state index contributed by atoms with van der Waals surface area (Å²) in [5, 5.41) is 0. The molecule has 0 N–H and O–H groups in total. The Morgan fingerprint density at radius 1 is 1.19 bits per heavy atom. The number of hydrogen-bond donors (Lipinski definition) is 0. The first-order chi connectivity index (χ1) is 12.0. The highest BCUT2D eigenvalue weighted by Gasteiger charge is 2.79. The van der Waals surface area contributed by atoms with E-state index < -0.39 is 0 Å². The lowest BCUT2D eigenvalue weighted by Crippen LogP contribution is -2.39. The van der Waals surface area contributed by atoms with Crippen molar-refractivity contribution in [3.63, 3.8) is 0 Å². The molecule has 0 amide bonds. The van der Waals surface area contributed by atoms with Crippen LogP contribution in [0.3, 0.4) is 0 Å². The molecule has 5 rings (SSSR count). The van der Waals surface area contributed by atoms with Gasteiger partial charge in [-0.2, -0.15) is 0 Å². The van der Waals surface area contributed by atoms with Gasteiger partial charge in [0.2, 0.25) is 0 Å². The largest absolute Gasteiger partial charge is 0.300 e. The van der Waals surface area contributed by atoms with Crippen molar-refractivity contribution in [2.75, 3.05) is 0 Å². The molecule has 9 unspecified atom stereocenters. The van der Waals surface area contributed by atoms with Gasteiger partial charge in [0.15, 0.2) is 0 Å². The summed E-state index contributed by atoms with van der Waals surface area (Å²) in [7, 11) is 0. The summed E-state index contributed by atoms with van der Waals surface area (Å²) in [6.45, 7) is 18.6. The van der Waals surface area contributed by atoms with Crippen LogP contribution in [0.5, 0.6) is 0 Å². The quantitative estimate of drug-likeness (QED) is 0.590. The highest BCUT2D eigenvalue weighted by Crippen LogP contribution is 2.85. The second kappa shape index (κ2) is 4.76. The molecule has 0 aromatic heterocycles. The molecule has 26 heavy (non-hydrogen) atoms. The minimum Gasteiger partial charge on any atom is -0.300 e. The molecular weight excluding hydrogens is 316 g/mol. The Balaban J connectivity index is 1.60. The van der Waals surface area contributed by atoms with Gasteiger partial charge in [0.05, 0.1) is 0 Å². The molecule has 0 aromatic rings. The van der Waals surface area contributed by atoms with E-state index in [2.05, 4.69) is 47.3 Å². The van der Waals surface area contributed by atoms with Crippen molar-refractivity contribution in [2.24, 2.45) is 57.7 Å². The van der Waals surface area contributed by atoms with Crippen LogP contribution in [0.15, 0.2) is 23.8 Å². The van der Waals surface area contributed by atoms with Crippen LogP contribution in [-0.2, 0) is 4.79 Å². The van der Waals surface area contributed by atoms with E-state index in [1.54, 1.807) is 0 Å². The van der Waals surface area contributed by atoms with E-state index in [1.165, 1.54) is 30.4 Å². The van der Waals surface area contributed by atoms with E-state index >= 15 is 0 Å². The summed E-state index contributed by atoms with van der Waals surface area (Å²) in [5.41, 5.74) is 4.05. The van der Waals surface area contributed by atoms with Gasteiger partial charge in [-0.05, 0) is 96.4 Å². The minimum absolute atomic E-state index is 0.289. The van der Waals surface area contributed by atoms with Crippen LogP contribution < -0.4 is 0 Å². The van der Waals surface area contributed by atoms with Crippen LogP contribution >= 0.6 is 0 Å². The van der Waals surface area contributed by atoms with Crippen LogP contribution in [0, 0.1) is 57.7 Å². The second-order valence-corrected chi connectivity index (χ2v) is 11.8. The molecule has 0 heterocycles. The van der Waals surface area contributed by atoms with Crippen LogP contribution in [-0.4, -0.2) is 5.78 Å². The monoisotopic (exact) mass is 352 g/mol. The third kappa shape index (κ3) is 1.86. The molecule has 1 heteroatoms. The van der Waals surface area contributed by atoms with Gasteiger partial charge in [0.25, 0.3) is 0 Å². The molecule has 0 radical (unpaired) electrons. The van der Waals surface area contributed by atoms with Gasteiger partial charge < -0.3 is 4.79 Å². The fraction of sp³-hybridized carbons (Fsp3) is 0.800. The zero-order chi connectivity index (χ0) is 18.8. The van der Waals surface area contributed by atoms with Crippen LogP contribution in [0.4, 0.5) is 0 Å². The number of carbonyl (C=O) groups excluding carboxylic acids is 1. The van der Waals surface area contributed by atoms with Crippen LogP contribution in [0.1, 0.15) is 67.2 Å². The van der Waals surface area contributed by atoms with Crippen molar-refractivity contribution in [1.29, 1.82) is 0 Å². The van der Waals surface area contributed by atoms with E-state index in [4.69, 9.17) is 0 Å². The molecule has 0 aliphatic heterocycles. The number of ketones is 1. The topological polar surface area (TPSA) is 17.1 Å². The molecule has 1 nitrogen and oxygen atoms in total. The standard InChI is InChI=1S/C25H36O/c1-13-8-17-18(16(13)4)11-24(7)12-19(24)21-20(17)14(2)9-25(10-15(3)26)22(21)23(25,5)6/h8,14,17-22H,4,9-12H2,1-3,5-7H3. The number of carbonyl (C=O) groups is 1. The van der Waals surface area contributed by atoms with E-state index in [1.807, 2.05) is 6.92 Å². The fourth-order valence-corrected chi connectivity index (χ4v) is 8.99. The SMILES string of the molecule is C=C1C(C)=CC2C1CC1(C)CC1C1C2C(C)CC2(CC(C)=O)C1C2(C)C. The summed E-state index contributed by atoms with van der Waals surface area (Å²) in [4.78, 5) is 12.2. The van der Waals surface area contributed by atoms with Gasteiger partial charge in [-0.3, -0.25) is 0 Å². The van der Waals surface area contributed by atoms with E-state index in [0.717, 1.165) is 36.0 Å². The molecule has 9 atom stereocenters. The molecule has 0 spiro atoms. The second-order valence-electron chi connectivity index (χ2n) is 11.8. The number of rotatable bonds is 2. The van der Waals surface area contributed by atoms with Crippen molar-refractivity contribution in [1.82, 2.24) is 0 Å². The lowest BCUT2D eigenvalue weighted by Gasteiger charge is -2.44. The van der Waals surface area contributed by atoms with Crippen molar-refractivity contribution in [3.8, 4) is 0 Å². The van der Waals surface area contributed by atoms with Gasteiger partial charge >= 0.3 is 0 Å². The summed E-state index contributed by atoms with van der Waals surface area (Å²) in [6.07, 6.45) is 7.44. The Morgan fingerprint density at radius 2 is 1.88 bits per heavy atom. The van der Waals surface area contributed by atoms with Gasteiger partial charge in [-0.15, -0.1) is 0 Å². The summed E-state index contributed by atoms with van der Waals surface area (Å²) >= 11 is 0. The number of Topliss-reactive ketones (excluding diaryl/α,β-unsaturated/α-hetero) is 1. The highest BCUT2D eigenvalue weighted by molar-refractivity contribution is 5.77. The highest BCUT2D eigenvalue weighted by atomic mass is 16.1. The van der Waals surface area contributed by atoms with Crippen molar-refractivity contribution in [2.45, 2.75) is 67.2 Å². The predicted octanol–water partition coefficient (Wildman–Crippen LogP) is 6.06. The predicted molar refractivity (Wildman–Crippen MR) is 106 cm³/mol. The average molecular weight is 353 g/mol. The zero-order valence-electron chi connectivity index (χ0n) is 17.6. The minimum atomic E-state index is 0.289. The maximum atomic E-state index is 12.2. The number of allylic oxidation sites excluding steroid dienone is 3. The lowest BCUT2D eigenvalue weighted by atomic mass is 9.60. The van der Waals surface area contributed by atoms with Gasteiger partial charge in [0.1, 0.15) is 5.78 Å². The Labute approximate surface area is 159 Å². The molecule has 0 saturated heterocycles. The first kappa shape index (κ1) is 17.3. The third-order valence-electron chi connectivity index (χ3n) is 10.2. The average Bonchev–Trinajstić information content (AvgIpc) is 3.27. The maximum Gasteiger partial charge on any atom is 0.130 e. The summed E-state index contributed by atoms with van der Waals surface area (Å²) in [5.74, 6) is 5.79. The smallest absolute Gasteiger partial charge is 0.130 e. The van der Waals surface area contributed by atoms with E-state index in [9.17, 15) is 4.79 Å². The van der Waals surface area contributed by atoms with E-state index in [-0.39, 0.29) is 5.41 Å². The molecule has 0 bridgehead atoms. The van der Waals surface area contributed by atoms with E-state index in [0.29, 0.717) is 28.4 Å². The Kier molecular flexibility index (Phi) is 3.16. The fourth-order valence-electron chi connectivity index (χ4n) is 8.99.